The highest BCUT2D eigenvalue weighted by Gasteiger charge is 2.42. The van der Waals surface area contributed by atoms with E-state index in [9.17, 15) is 4.79 Å². The molecule has 2 fully saturated rings. The Labute approximate surface area is 77.7 Å². The summed E-state index contributed by atoms with van der Waals surface area (Å²) in [4.78, 5) is 11.1. The van der Waals surface area contributed by atoms with Crippen LogP contribution < -0.4 is 0 Å². The van der Waals surface area contributed by atoms with Gasteiger partial charge < -0.3 is 9.47 Å². The number of carbonyl (C=O) groups is 1. The first-order chi connectivity index (χ1) is 6.31. The highest BCUT2D eigenvalue weighted by atomic mass is 16.5. The predicted octanol–water partition coefficient (Wildman–Crippen LogP) is 1.49. The minimum Gasteiger partial charge on any atom is -0.505 e. The van der Waals surface area contributed by atoms with Crippen molar-refractivity contribution in [1.82, 2.24) is 0 Å². The zero-order chi connectivity index (χ0) is 9.26. The molecule has 0 aromatic carbocycles. The second-order valence-corrected chi connectivity index (χ2v) is 3.71. The molecule has 0 amide bonds. The van der Waals surface area contributed by atoms with E-state index in [-0.39, 0.29) is 12.1 Å². The van der Waals surface area contributed by atoms with Crippen LogP contribution in [0.4, 0.5) is 0 Å². The van der Waals surface area contributed by atoms with Crippen molar-refractivity contribution in [3.63, 3.8) is 0 Å². The van der Waals surface area contributed by atoms with Gasteiger partial charge in [0.1, 0.15) is 6.10 Å². The van der Waals surface area contributed by atoms with Crippen molar-refractivity contribution >= 4 is 5.97 Å². The number of esters is 1. The molecule has 0 N–H and O–H groups in total. The van der Waals surface area contributed by atoms with Gasteiger partial charge in [0.2, 0.25) is 0 Å². The van der Waals surface area contributed by atoms with Gasteiger partial charge in [-0.1, -0.05) is 0 Å². The molecule has 13 heavy (non-hydrogen) atoms. The van der Waals surface area contributed by atoms with E-state index in [1.165, 1.54) is 0 Å². The largest absolute Gasteiger partial charge is 0.505 e. The number of methoxy groups -OCH3 is 1. The molecule has 0 unspecified atom stereocenters. The van der Waals surface area contributed by atoms with Crippen molar-refractivity contribution in [2.24, 2.45) is 11.8 Å². The number of hydrogen-bond donors (Lipinski definition) is 0. The van der Waals surface area contributed by atoms with Gasteiger partial charge in [0.05, 0.1) is 13.4 Å². The summed E-state index contributed by atoms with van der Waals surface area (Å²) >= 11 is 0. The van der Waals surface area contributed by atoms with E-state index < -0.39 is 0 Å². The Morgan fingerprint density at radius 2 is 2.38 bits per heavy atom. The number of ether oxygens (including phenoxy) is 2. The highest BCUT2D eigenvalue weighted by molar-refractivity contribution is 5.71. The van der Waals surface area contributed by atoms with Gasteiger partial charge in [-0.15, -0.1) is 0 Å². The van der Waals surface area contributed by atoms with E-state index >= 15 is 0 Å². The van der Waals surface area contributed by atoms with Crippen LogP contribution in [-0.4, -0.2) is 19.2 Å². The summed E-state index contributed by atoms with van der Waals surface area (Å²) in [5.41, 5.74) is 0. The SMILES string of the molecule is CO/C=C/[C@H]1[C@@H]2CC[C@H]1OC(=O)C2. The van der Waals surface area contributed by atoms with E-state index in [0.29, 0.717) is 18.3 Å². The average molecular weight is 182 g/mol. The Bertz CT molecular complexity index is 218. The van der Waals surface area contributed by atoms with Gasteiger partial charge in [-0.3, -0.25) is 4.79 Å². The third-order valence-corrected chi connectivity index (χ3v) is 2.94. The summed E-state index contributed by atoms with van der Waals surface area (Å²) in [6.45, 7) is 0. The van der Waals surface area contributed by atoms with Crippen LogP contribution >= 0.6 is 0 Å². The van der Waals surface area contributed by atoms with Gasteiger partial charge in [-0.05, 0) is 24.8 Å². The molecule has 3 heteroatoms. The summed E-state index contributed by atoms with van der Waals surface area (Å²) in [7, 11) is 1.63. The molecule has 1 aliphatic heterocycles. The molecule has 0 aromatic heterocycles. The van der Waals surface area contributed by atoms with Crippen LogP contribution in [0, 0.1) is 11.8 Å². The smallest absolute Gasteiger partial charge is 0.306 e. The van der Waals surface area contributed by atoms with Gasteiger partial charge in [0.15, 0.2) is 0 Å². The van der Waals surface area contributed by atoms with Crippen LogP contribution in [0.15, 0.2) is 12.3 Å². The first kappa shape index (κ1) is 8.60. The Kier molecular flexibility index (Phi) is 2.25. The van der Waals surface area contributed by atoms with Crippen LogP contribution in [0.2, 0.25) is 0 Å². The third kappa shape index (κ3) is 1.55. The molecular formula is C10H14O3. The fourth-order valence-corrected chi connectivity index (χ4v) is 2.32. The second-order valence-electron chi connectivity index (χ2n) is 3.71. The lowest BCUT2D eigenvalue weighted by molar-refractivity contribution is -0.155. The number of fused-ring (bicyclic) bond motifs is 2. The number of hydrogen-bond acceptors (Lipinski definition) is 3. The van der Waals surface area contributed by atoms with Gasteiger partial charge in [-0.25, -0.2) is 0 Å². The zero-order valence-corrected chi connectivity index (χ0v) is 7.73. The first-order valence-corrected chi connectivity index (χ1v) is 4.70. The van der Waals surface area contributed by atoms with Crippen LogP contribution in [0.1, 0.15) is 19.3 Å². The van der Waals surface area contributed by atoms with Crippen molar-refractivity contribution in [2.75, 3.05) is 7.11 Å². The quantitative estimate of drug-likeness (QED) is 0.479. The van der Waals surface area contributed by atoms with Crippen molar-refractivity contribution in [3.8, 4) is 0 Å². The lowest BCUT2D eigenvalue weighted by atomic mass is 9.90. The van der Waals surface area contributed by atoms with Crippen molar-refractivity contribution in [3.05, 3.63) is 12.3 Å². The Hall–Kier alpha value is -0.990. The molecule has 3 atom stereocenters. The van der Waals surface area contributed by atoms with E-state index in [2.05, 4.69) is 0 Å². The minimum atomic E-state index is -0.0328. The molecule has 0 aromatic rings. The van der Waals surface area contributed by atoms with Crippen LogP contribution in [0.5, 0.6) is 0 Å². The predicted molar refractivity (Wildman–Crippen MR) is 46.9 cm³/mol. The Morgan fingerprint density at radius 3 is 3.08 bits per heavy atom. The monoisotopic (exact) mass is 182 g/mol. The Morgan fingerprint density at radius 1 is 1.54 bits per heavy atom. The third-order valence-electron chi connectivity index (χ3n) is 2.94. The second kappa shape index (κ2) is 3.40. The molecule has 2 bridgehead atoms. The topological polar surface area (TPSA) is 35.5 Å². The van der Waals surface area contributed by atoms with E-state index in [1.807, 2.05) is 6.08 Å². The molecule has 1 aliphatic carbocycles. The van der Waals surface area contributed by atoms with Crippen molar-refractivity contribution in [1.29, 1.82) is 0 Å². The maximum Gasteiger partial charge on any atom is 0.306 e. The van der Waals surface area contributed by atoms with Crippen LogP contribution in [0.3, 0.4) is 0 Å². The summed E-state index contributed by atoms with van der Waals surface area (Å²) in [5, 5.41) is 0. The van der Waals surface area contributed by atoms with Crippen LogP contribution in [-0.2, 0) is 14.3 Å². The molecule has 1 saturated carbocycles. The van der Waals surface area contributed by atoms with Crippen molar-refractivity contribution < 1.29 is 14.3 Å². The maximum absolute atomic E-state index is 11.1. The molecule has 2 aliphatic rings. The summed E-state index contributed by atoms with van der Waals surface area (Å²) in [6.07, 6.45) is 6.52. The normalized spacial score (nSPS) is 37.9. The molecule has 0 spiro atoms. The molecule has 2 rings (SSSR count). The summed E-state index contributed by atoms with van der Waals surface area (Å²) in [6, 6.07) is 0. The molecular weight excluding hydrogens is 168 g/mol. The summed E-state index contributed by atoms with van der Waals surface area (Å²) < 4.78 is 10.1. The molecule has 1 saturated heterocycles. The lowest BCUT2D eigenvalue weighted by Crippen LogP contribution is -2.31. The van der Waals surface area contributed by atoms with E-state index in [1.54, 1.807) is 13.4 Å². The van der Waals surface area contributed by atoms with Crippen molar-refractivity contribution in [2.45, 2.75) is 25.4 Å². The fraction of sp³-hybridized carbons (Fsp3) is 0.700. The van der Waals surface area contributed by atoms with Gasteiger partial charge >= 0.3 is 5.97 Å². The molecule has 3 nitrogen and oxygen atoms in total. The molecule has 1 heterocycles. The highest BCUT2D eigenvalue weighted by Crippen LogP contribution is 2.41. The van der Waals surface area contributed by atoms with Crippen LogP contribution in [0.25, 0.3) is 0 Å². The van der Waals surface area contributed by atoms with Gasteiger partial charge in [0, 0.05) is 12.3 Å². The molecule has 72 valence electrons. The minimum absolute atomic E-state index is 0.0328. The first-order valence-electron chi connectivity index (χ1n) is 4.70. The fourth-order valence-electron chi connectivity index (χ4n) is 2.32. The van der Waals surface area contributed by atoms with Gasteiger partial charge in [-0.2, -0.15) is 0 Å². The number of carbonyl (C=O) groups excluding carboxylic acids is 1. The zero-order valence-electron chi connectivity index (χ0n) is 7.73. The maximum atomic E-state index is 11.1. The molecule has 0 radical (unpaired) electrons. The van der Waals surface area contributed by atoms with Gasteiger partial charge in [0.25, 0.3) is 0 Å². The average Bonchev–Trinajstić information content (AvgIpc) is 2.33. The number of rotatable bonds is 2. The van der Waals surface area contributed by atoms with E-state index in [4.69, 9.17) is 9.47 Å². The van der Waals surface area contributed by atoms with E-state index in [0.717, 1.165) is 12.8 Å². The Balaban J connectivity index is 2.06. The summed E-state index contributed by atoms with van der Waals surface area (Å²) in [5.74, 6) is 0.838. The standard InChI is InChI=1S/C10H14O3/c1-12-5-4-8-7-2-3-9(8)13-10(11)6-7/h4-5,7-9H,2-3,6H2,1H3/b5-4+/t7-,8+,9-/m1/s1. The lowest BCUT2D eigenvalue weighted by Gasteiger charge is -2.26.